The van der Waals surface area contributed by atoms with Crippen LogP contribution in [0.3, 0.4) is 0 Å². The van der Waals surface area contributed by atoms with Crippen LogP contribution in [0, 0.1) is 69.8 Å². The van der Waals surface area contributed by atoms with Crippen LogP contribution in [0.5, 0.6) is 0 Å². The van der Waals surface area contributed by atoms with Gasteiger partial charge in [-0.3, -0.25) is 4.98 Å². The topological polar surface area (TPSA) is 116 Å². The molecule has 3 fully saturated rings. The fraction of sp³-hybridized carbons (Fsp3) is 0.346. The van der Waals surface area contributed by atoms with Crippen LogP contribution in [0.1, 0.15) is 89.2 Å². The average molecular weight is 1460 g/mol. The molecule has 9 aromatic rings. The number of halogens is 12. The van der Waals surface area contributed by atoms with Crippen molar-refractivity contribution in [2.45, 2.75) is 96.9 Å². The van der Waals surface area contributed by atoms with Crippen LogP contribution >= 0.6 is 0 Å². The predicted octanol–water partition coefficient (Wildman–Crippen LogP) is 20.3. The highest BCUT2D eigenvalue weighted by Gasteiger charge is 2.15. The summed E-state index contributed by atoms with van der Waals surface area (Å²) in [4.78, 5) is 8.96. The van der Waals surface area contributed by atoms with Crippen molar-refractivity contribution in [3.8, 4) is 11.1 Å². The highest BCUT2D eigenvalue weighted by molar-refractivity contribution is 5.65. The molecule has 0 radical (unpaired) electrons. The lowest BCUT2D eigenvalue weighted by molar-refractivity contribution is 0.394. The molecule has 0 unspecified atom stereocenters. The summed E-state index contributed by atoms with van der Waals surface area (Å²) in [7, 11) is 11.6. The standard InChI is InChI=1S/C14H21N.C13H20N2.C12H12N2.4C7H6F3N.C7H15N.C7H9N/c1-2-6-13-7-9-14(10-8-13)15-11-4-3-5-12-15;1-2-3-12-4-6-13(7-5-12)15-10-8-14-9-11-15;1-13-12-4-2-10(3-5-12)11-6-8-14-9-7-11;1-11-7-3-5(9)4(8)2-6(7)10;1-11-4-2-5(8)7(10)6(9)3-4;1-11-7-5(9)2-4(8)3-6(7)10;1-11-5-3-2-4(8)6(9)7(5)10;2*1-8-7-5-3-2-4-6-7/h7-10H,2-6,11-12H2,1H3;4-7,14H,2-3,8-11H2,1H3;2-9,13H,1H3;4*2-3,11H,1H3;7-8H,2-6H2,1H3;2-6,8H,1H3. The van der Waals surface area contributed by atoms with Gasteiger partial charge in [-0.2, -0.15) is 0 Å². The minimum Gasteiger partial charge on any atom is -0.388 e. The van der Waals surface area contributed by atoms with Crippen molar-refractivity contribution in [2.75, 3.05) is 130 Å². The highest BCUT2D eigenvalue weighted by atomic mass is 19.2. The molecule has 1 aliphatic carbocycles. The zero-order chi connectivity index (χ0) is 76.2. The Balaban J connectivity index is 0.000000250. The second kappa shape index (κ2) is 49.1. The van der Waals surface area contributed by atoms with Crippen LogP contribution in [0.2, 0.25) is 0 Å². The monoisotopic (exact) mass is 1460 g/mol. The molecule has 564 valence electrons. The molecule has 3 heterocycles. The maximum absolute atomic E-state index is 12.6. The molecule has 1 saturated carbocycles. The zero-order valence-electron chi connectivity index (χ0n) is 60.9. The number of nitrogens with one attached hydrogen (secondary N) is 8. The van der Waals surface area contributed by atoms with Crippen molar-refractivity contribution in [1.29, 1.82) is 0 Å². The number of benzene rings is 8. The molecule has 8 aromatic carbocycles. The van der Waals surface area contributed by atoms with Crippen molar-refractivity contribution in [2.24, 2.45) is 0 Å². The van der Waals surface area contributed by atoms with Crippen molar-refractivity contribution >= 4 is 45.5 Å². The fourth-order valence-corrected chi connectivity index (χ4v) is 10.7. The van der Waals surface area contributed by atoms with Gasteiger partial charge in [0.2, 0.25) is 0 Å². The van der Waals surface area contributed by atoms with E-state index >= 15 is 0 Å². The fourth-order valence-electron chi connectivity index (χ4n) is 10.7. The SMILES string of the molecule is CCCc1ccc(N2CCCCC2)cc1.CCCc1ccc(N2CCNCC2)cc1.CNC1CCCCC1.CNc1c(F)cc(F)cc1F.CNc1cc(F)c(F)c(F)c1.CNc1cc(F)c(F)cc1F.CNc1ccc(-c2ccncc2)cc1.CNc1ccc(F)c(F)c1F.CNc1ccccc1. The summed E-state index contributed by atoms with van der Waals surface area (Å²) in [6, 6.07) is 47.7. The molecule has 23 heteroatoms. The lowest BCUT2D eigenvalue weighted by Crippen LogP contribution is -2.43. The van der Waals surface area contributed by atoms with Crippen LogP contribution in [0.25, 0.3) is 11.1 Å². The van der Waals surface area contributed by atoms with Crippen LogP contribution < -0.4 is 52.3 Å². The van der Waals surface area contributed by atoms with Gasteiger partial charge in [0.1, 0.15) is 17.3 Å². The molecule has 1 aromatic heterocycles. The van der Waals surface area contributed by atoms with E-state index in [0.29, 0.717) is 18.2 Å². The van der Waals surface area contributed by atoms with Crippen LogP contribution in [-0.2, 0) is 12.8 Å². The molecule has 104 heavy (non-hydrogen) atoms. The van der Waals surface area contributed by atoms with Gasteiger partial charge in [0.25, 0.3) is 0 Å². The maximum atomic E-state index is 12.6. The number of piperidine rings is 1. The second-order valence-corrected chi connectivity index (χ2v) is 23.9. The van der Waals surface area contributed by atoms with Crippen molar-refractivity contribution in [1.82, 2.24) is 15.6 Å². The van der Waals surface area contributed by atoms with Gasteiger partial charge in [0.05, 0.1) is 11.4 Å². The Labute approximate surface area is 606 Å². The molecule has 11 nitrogen and oxygen atoms in total. The molecule has 8 N–H and O–H groups in total. The minimum atomic E-state index is -1.45. The quantitative estimate of drug-likeness (QED) is 0.0302. The maximum Gasteiger partial charge on any atom is 0.196 e. The summed E-state index contributed by atoms with van der Waals surface area (Å²) in [6.45, 7) is 11.4. The molecule has 3 aliphatic rings. The largest absolute Gasteiger partial charge is 0.388 e. The van der Waals surface area contributed by atoms with E-state index in [4.69, 9.17) is 0 Å². The summed E-state index contributed by atoms with van der Waals surface area (Å²) in [5.74, 6) is -13.4. The molecular formula is C81H101F12N11. The van der Waals surface area contributed by atoms with Gasteiger partial charge in [-0.25, -0.2) is 52.7 Å². The first kappa shape index (κ1) is 86.8. The normalized spacial score (nSPS) is 12.8. The lowest BCUT2D eigenvalue weighted by atomic mass is 9.96. The van der Waals surface area contributed by atoms with E-state index < -0.39 is 69.8 Å². The third-order valence-electron chi connectivity index (χ3n) is 16.5. The number of hydrogen-bond acceptors (Lipinski definition) is 11. The van der Waals surface area contributed by atoms with Gasteiger partial charge in [-0.1, -0.05) is 101 Å². The number of aryl methyl sites for hydroxylation is 2. The molecule has 12 rings (SSSR count). The van der Waals surface area contributed by atoms with Crippen molar-refractivity contribution in [3.63, 3.8) is 0 Å². The first-order valence-corrected chi connectivity index (χ1v) is 34.9. The van der Waals surface area contributed by atoms with Gasteiger partial charge >= 0.3 is 0 Å². The Hall–Kier alpha value is -9.61. The van der Waals surface area contributed by atoms with Crippen molar-refractivity contribution < 1.29 is 52.7 Å². The van der Waals surface area contributed by atoms with E-state index in [2.05, 4.69) is 151 Å². The van der Waals surface area contributed by atoms with Gasteiger partial charge in [0, 0.05) is 165 Å². The van der Waals surface area contributed by atoms with E-state index in [1.807, 2.05) is 56.6 Å². The summed E-state index contributed by atoms with van der Waals surface area (Å²) in [5.41, 5.74) is 10.2. The molecule has 2 saturated heterocycles. The van der Waals surface area contributed by atoms with E-state index in [-0.39, 0.29) is 22.7 Å². The summed E-state index contributed by atoms with van der Waals surface area (Å²) >= 11 is 0. The summed E-state index contributed by atoms with van der Waals surface area (Å²) in [6.07, 6.45) is 19.7. The number of hydrogen-bond donors (Lipinski definition) is 8. The second-order valence-electron chi connectivity index (χ2n) is 23.9. The Morgan fingerprint density at radius 1 is 0.375 bits per heavy atom. The summed E-state index contributed by atoms with van der Waals surface area (Å²) < 4.78 is 149. The first-order valence-electron chi connectivity index (χ1n) is 34.9. The molecular weight excluding hydrogens is 1350 g/mol. The molecule has 2 aliphatic heterocycles. The lowest BCUT2D eigenvalue weighted by Gasteiger charge is -2.29. The van der Waals surface area contributed by atoms with E-state index in [1.165, 1.54) is 152 Å². The van der Waals surface area contributed by atoms with E-state index in [1.54, 1.807) is 12.4 Å². The van der Waals surface area contributed by atoms with Gasteiger partial charge in [-0.05, 0) is 147 Å². The predicted molar refractivity (Wildman–Crippen MR) is 407 cm³/mol. The number of rotatable bonds is 14. The third-order valence-corrected chi connectivity index (χ3v) is 16.5. The number of aromatic nitrogens is 1. The zero-order valence-corrected chi connectivity index (χ0v) is 60.9. The number of anilines is 8. The van der Waals surface area contributed by atoms with Crippen LogP contribution in [-0.4, -0.2) is 99.6 Å². The highest BCUT2D eigenvalue weighted by Crippen LogP contribution is 2.25. The molecule has 0 amide bonds. The Morgan fingerprint density at radius 3 is 1.30 bits per heavy atom. The number of para-hydroxylation sites is 1. The number of nitrogens with zero attached hydrogens (tertiary/aromatic N) is 3. The van der Waals surface area contributed by atoms with Gasteiger partial charge in [0.15, 0.2) is 58.2 Å². The Bertz CT molecular complexity index is 3700. The third kappa shape index (κ3) is 31.2. The summed E-state index contributed by atoms with van der Waals surface area (Å²) in [5, 5.41) is 22.3. The molecule has 0 bridgehead atoms. The number of piperazine rings is 1. The van der Waals surface area contributed by atoms with Crippen LogP contribution in [0.4, 0.5) is 98.2 Å². The van der Waals surface area contributed by atoms with Crippen LogP contribution in [0.15, 0.2) is 176 Å². The molecule has 0 atom stereocenters. The first-order chi connectivity index (χ1) is 50.2. The smallest absolute Gasteiger partial charge is 0.196 e. The number of pyridine rings is 1. The Kier molecular flexibility index (Phi) is 41.0. The van der Waals surface area contributed by atoms with E-state index in [0.717, 1.165) is 73.9 Å². The average Bonchev–Trinajstić information content (AvgIpc) is 0.889. The molecule has 0 spiro atoms. The minimum absolute atomic E-state index is 0.0519. The van der Waals surface area contributed by atoms with Gasteiger partial charge < -0.3 is 52.3 Å². The Morgan fingerprint density at radius 2 is 0.846 bits per heavy atom. The van der Waals surface area contributed by atoms with E-state index in [9.17, 15) is 52.7 Å². The van der Waals surface area contributed by atoms with Crippen molar-refractivity contribution in [3.05, 3.63) is 257 Å². The van der Waals surface area contributed by atoms with Gasteiger partial charge in [-0.15, -0.1) is 0 Å².